The van der Waals surface area contributed by atoms with Crippen LogP contribution < -0.4 is 4.74 Å². The molecule has 0 aliphatic carbocycles. The van der Waals surface area contributed by atoms with Gasteiger partial charge in [0.15, 0.2) is 0 Å². The lowest BCUT2D eigenvalue weighted by molar-refractivity contribution is 0.191. The lowest BCUT2D eigenvalue weighted by atomic mass is 10.1. The van der Waals surface area contributed by atoms with Gasteiger partial charge < -0.3 is 9.84 Å². The first-order valence-corrected chi connectivity index (χ1v) is 7.36. The van der Waals surface area contributed by atoms with Crippen LogP contribution in [0.15, 0.2) is 18.2 Å². The second-order valence-corrected chi connectivity index (χ2v) is 5.59. The fourth-order valence-electron chi connectivity index (χ4n) is 1.46. The first-order valence-electron chi connectivity index (χ1n) is 5.83. The van der Waals surface area contributed by atoms with Crippen LogP contribution in [-0.4, -0.2) is 23.2 Å². The van der Waals surface area contributed by atoms with Gasteiger partial charge in [-0.1, -0.05) is 18.5 Å². The van der Waals surface area contributed by atoms with Crippen LogP contribution in [0.1, 0.15) is 31.9 Å². The first kappa shape index (κ1) is 14.7. The average molecular weight is 275 g/mol. The molecule has 4 heteroatoms. The maximum absolute atomic E-state index is 9.63. The molecule has 2 nitrogen and oxygen atoms in total. The van der Waals surface area contributed by atoms with E-state index in [4.69, 9.17) is 16.3 Å². The second kappa shape index (κ2) is 7.85. The van der Waals surface area contributed by atoms with E-state index >= 15 is 0 Å². The summed E-state index contributed by atoms with van der Waals surface area (Å²) < 4.78 is 5.67. The second-order valence-electron chi connectivity index (χ2n) is 3.76. The van der Waals surface area contributed by atoms with Crippen LogP contribution in [-0.2, 0) is 0 Å². The van der Waals surface area contributed by atoms with Gasteiger partial charge in [-0.25, -0.2) is 0 Å². The van der Waals surface area contributed by atoms with Crippen LogP contribution in [0.4, 0.5) is 0 Å². The normalized spacial score (nSPS) is 12.5. The van der Waals surface area contributed by atoms with Crippen molar-refractivity contribution < 1.29 is 9.84 Å². The largest absolute Gasteiger partial charge is 0.493 e. The number of rotatable bonds is 7. The summed E-state index contributed by atoms with van der Waals surface area (Å²) >= 11 is 7.80. The molecule has 0 spiro atoms. The average Bonchev–Trinajstić information content (AvgIpc) is 2.30. The molecule has 0 aliphatic rings. The van der Waals surface area contributed by atoms with Gasteiger partial charge in [-0.15, -0.1) is 0 Å². The van der Waals surface area contributed by atoms with E-state index in [0.717, 1.165) is 29.2 Å². The lowest BCUT2D eigenvalue weighted by Crippen LogP contribution is -2.03. The van der Waals surface area contributed by atoms with Crippen LogP contribution in [0.25, 0.3) is 0 Å². The molecular weight excluding hydrogens is 256 g/mol. The zero-order chi connectivity index (χ0) is 12.7. The fraction of sp³-hybridized carbons (Fsp3) is 0.538. The summed E-state index contributed by atoms with van der Waals surface area (Å²) in [5, 5.41) is 10.2. The highest BCUT2D eigenvalue weighted by Crippen LogP contribution is 2.28. The molecule has 0 saturated carbocycles. The van der Waals surface area contributed by atoms with Crippen molar-refractivity contribution in [1.82, 2.24) is 0 Å². The number of benzene rings is 1. The molecular formula is C13H19ClO2S. The van der Waals surface area contributed by atoms with Crippen molar-refractivity contribution in [3.63, 3.8) is 0 Å². The van der Waals surface area contributed by atoms with E-state index in [1.54, 1.807) is 19.1 Å². The minimum Gasteiger partial charge on any atom is -0.493 e. The van der Waals surface area contributed by atoms with E-state index in [1.165, 1.54) is 0 Å². The molecule has 0 amide bonds. The number of hydrogen-bond acceptors (Lipinski definition) is 3. The zero-order valence-corrected chi connectivity index (χ0v) is 11.9. The molecule has 96 valence electrons. The van der Waals surface area contributed by atoms with E-state index < -0.39 is 6.10 Å². The molecule has 0 fully saturated rings. The molecule has 1 rings (SSSR count). The minimum absolute atomic E-state index is 0.561. The van der Waals surface area contributed by atoms with Crippen LogP contribution in [0.3, 0.4) is 0 Å². The maximum Gasteiger partial charge on any atom is 0.125 e. The van der Waals surface area contributed by atoms with E-state index in [-0.39, 0.29) is 0 Å². The number of aliphatic hydroxyl groups is 1. The van der Waals surface area contributed by atoms with Crippen LogP contribution in [0, 0.1) is 0 Å². The number of hydrogen-bond donors (Lipinski definition) is 1. The predicted octanol–water partition coefficient (Wildman–Crippen LogP) is 3.92. The minimum atomic E-state index is -0.561. The molecule has 1 aromatic carbocycles. The Labute approximate surface area is 112 Å². The van der Waals surface area contributed by atoms with Crippen molar-refractivity contribution in [3.05, 3.63) is 28.8 Å². The molecule has 1 aromatic rings. The Hall–Kier alpha value is -0.380. The van der Waals surface area contributed by atoms with Crippen LogP contribution in [0.2, 0.25) is 5.02 Å². The monoisotopic (exact) mass is 274 g/mol. The summed E-state index contributed by atoms with van der Waals surface area (Å²) in [5.41, 5.74) is 0.751. The number of ether oxygens (including phenoxy) is 1. The van der Waals surface area contributed by atoms with Crippen molar-refractivity contribution in [2.24, 2.45) is 0 Å². The number of aliphatic hydroxyl groups excluding tert-OH is 1. The summed E-state index contributed by atoms with van der Waals surface area (Å²) in [4.78, 5) is 0. The van der Waals surface area contributed by atoms with E-state index in [9.17, 15) is 5.11 Å². The highest BCUT2D eigenvalue weighted by Gasteiger charge is 2.09. The number of thioether (sulfide) groups is 1. The molecule has 0 saturated heterocycles. The summed E-state index contributed by atoms with van der Waals surface area (Å²) in [6.45, 7) is 4.54. The molecule has 17 heavy (non-hydrogen) atoms. The molecule has 0 heterocycles. The van der Waals surface area contributed by atoms with Gasteiger partial charge in [-0.2, -0.15) is 11.8 Å². The molecule has 0 bridgehead atoms. The SMILES string of the molecule is CCSCCCOc1ccc(Cl)cc1C(C)O. The third kappa shape index (κ3) is 5.19. The van der Waals surface area contributed by atoms with Gasteiger partial charge in [0.1, 0.15) is 5.75 Å². The third-order valence-corrected chi connectivity index (χ3v) is 3.54. The zero-order valence-electron chi connectivity index (χ0n) is 10.3. The Bertz CT molecular complexity index is 342. The fourth-order valence-corrected chi connectivity index (χ4v) is 2.26. The smallest absolute Gasteiger partial charge is 0.125 e. The van der Waals surface area contributed by atoms with E-state index in [0.29, 0.717) is 11.6 Å². The molecule has 0 aromatic heterocycles. The molecule has 1 atom stereocenters. The van der Waals surface area contributed by atoms with Gasteiger partial charge in [0.2, 0.25) is 0 Å². The summed E-state index contributed by atoms with van der Waals surface area (Å²) in [5.74, 6) is 2.97. The quantitative estimate of drug-likeness (QED) is 0.765. The standard InChI is InChI=1S/C13H19ClO2S/c1-3-17-8-4-7-16-13-6-5-11(14)9-12(13)10(2)15/h5-6,9-10,15H,3-4,7-8H2,1-2H3. The Balaban J connectivity index is 2.52. The topological polar surface area (TPSA) is 29.5 Å². The van der Waals surface area contributed by atoms with Crippen LogP contribution >= 0.6 is 23.4 Å². The van der Waals surface area contributed by atoms with E-state index in [2.05, 4.69) is 6.92 Å². The van der Waals surface area contributed by atoms with Crippen LogP contribution in [0.5, 0.6) is 5.75 Å². The Kier molecular flexibility index (Phi) is 6.78. The Morgan fingerprint density at radius 3 is 2.88 bits per heavy atom. The first-order chi connectivity index (χ1) is 8.15. The molecule has 0 radical (unpaired) electrons. The van der Waals surface area contributed by atoms with Crippen molar-refractivity contribution in [2.75, 3.05) is 18.1 Å². The van der Waals surface area contributed by atoms with Crippen molar-refractivity contribution in [1.29, 1.82) is 0 Å². The van der Waals surface area contributed by atoms with Gasteiger partial charge in [-0.3, -0.25) is 0 Å². The highest BCUT2D eigenvalue weighted by atomic mass is 35.5. The van der Waals surface area contributed by atoms with Crippen molar-refractivity contribution in [3.8, 4) is 5.75 Å². The molecule has 0 aliphatic heterocycles. The van der Waals surface area contributed by atoms with Gasteiger partial charge in [-0.05, 0) is 43.0 Å². The maximum atomic E-state index is 9.63. The van der Waals surface area contributed by atoms with Gasteiger partial charge in [0, 0.05) is 10.6 Å². The summed E-state index contributed by atoms with van der Waals surface area (Å²) in [6.07, 6.45) is 0.453. The van der Waals surface area contributed by atoms with Crippen molar-refractivity contribution in [2.45, 2.75) is 26.4 Å². The highest BCUT2D eigenvalue weighted by molar-refractivity contribution is 7.99. The van der Waals surface area contributed by atoms with Gasteiger partial charge in [0.25, 0.3) is 0 Å². The lowest BCUT2D eigenvalue weighted by Gasteiger charge is -2.13. The molecule has 1 unspecified atom stereocenters. The molecule has 1 N–H and O–H groups in total. The Morgan fingerprint density at radius 2 is 2.24 bits per heavy atom. The van der Waals surface area contributed by atoms with Gasteiger partial charge >= 0.3 is 0 Å². The third-order valence-electron chi connectivity index (χ3n) is 2.32. The number of halogens is 1. The van der Waals surface area contributed by atoms with Crippen molar-refractivity contribution >= 4 is 23.4 Å². The Morgan fingerprint density at radius 1 is 1.47 bits per heavy atom. The summed E-state index contributed by atoms with van der Waals surface area (Å²) in [7, 11) is 0. The summed E-state index contributed by atoms with van der Waals surface area (Å²) in [6, 6.07) is 5.35. The van der Waals surface area contributed by atoms with Gasteiger partial charge in [0.05, 0.1) is 12.7 Å². The van der Waals surface area contributed by atoms with E-state index in [1.807, 2.05) is 17.8 Å². The predicted molar refractivity (Wildman–Crippen MR) is 75.2 cm³/mol.